The molecular formula is C18H22N2O3S. The second-order valence-corrected chi connectivity index (χ2v) is 8.19. The quantitative estimate of drug-likeness (QED) is 0.802. The van der Waals surface area contributed by atoms with Gasteiger partial charge in [-0.3, -0.25) is 14.2 Å². The molecule has 0 saturated heterocycles. The van der Waals surface area contributed by atoms with Crippen LogP contribution in [-0.2, 0) is 28.9 Å². The zero-order valence-corrected chi connectivity index (χ0v) is 14.7. The number of aromatic nitrogens is 2. The summed E-state index contributed by atoms with van der Waals surface area (Å²) in [4.78, 5) is 31.5. The molecule has 1 fully saturated rings. The van der Waals surface area contributed by atoms with E-state index >= 15 is 0 Å². The Morgan fingerprint density at radius 1 is 1.38 bits per heavy atom. The van der Waals surface area contributed by atoms with Gasteiger partial charge < -0.3 is 4.74 Å². The molecule has 0 N–H and O–H groups in total. The van der Waals surface area contributed by atoms with Crippen LogP contribution in [0.3, 0.4) is 0 Å². The number of nitrogens with zero attached hydrogens (tertiary/aromatic N) is 2. The third-order valence-corrected chi connectivity index (χ3v) is 6.34. The zero-order chi connectivity index (χ0) is 16.7. The van der Waals surface area contributed by atoms with E-state index in [0.717, 1.165) is 60.7 Å². The highest BCUT2D eigenvalue weighted by Crippen LogP contribution is 2.35. The number of esters is 1. The molecule has 128 valence electrons. The summed E-state index contributed by atoms with van der Waals surface area (Å²) in [5.41, 5.74) is 1.06. The molecule has 2 aliphatic carbocycles. The SMILES string of the molecule is C[C@H]1CCc2c(sc3ncn(CC(=O)OC4CCCC4)c(=O)c23)C1. The molecule has 0 amide bonds. The molecule has 5 nitrogen and oxygen atoms in total. The molecule has 6 heteroatoms. The Balaban J connectivity index is 1.61. The maximum absolute atomic E-state index is 12.8. The lowest BCUT2D eigenvalue weighted by Gasteiger charge is -2.17. The number of aryl methyl sites for hydroxylation is 1. The second kappa shape index (κ2) is 6.31. The highest BCUT2D eigenvalue weighted by atomic mass is 32.1. The van der Waals surface area contributed by atoms with Crippen molar-refractivity contribution in [1.82, 2.24) is 9.55 Å². The number of ether oxygens (including phenoxy) is 1. The molecule has 24 heavy (non-hydrogen) atoms. The molecule has 0 aliphatic heterocycles. The molecule has 2 heterocycles. The van der Waals surface area contributed by atoms with E-state index in [9.17, 15) is 9.59 Å². The minimum absolute atomic E-state index is 0.0280. The Hall–Kier alpha value is -1.69. The van der Waals surface area contributed by atoms with Crippen LogP contribution in [0.5, 0.6) is 0 Å². The molecule has 0 bridgehead atoms. The van der Waals surface area contributed by atoms with Gasteiger partial charge in [-0.1, -0.05) is 6.92 Å². The highest BCUT2D eigenvalue weighted by Gasteiger charge is 2.24. The normalized spacial score (nSPS) is 21.1. The van der Waals surface area contributed by atoms with Crippen LogP contribution in [0.4, 0.5) is 0 Å². The number of fused-ring (bicyclic) bond motifs is 3. The topological polar surface area (TPSA) is 61.2 Å². The van der Waals surface area contributed by atoms with Gasteiger partial charge in [-0.15, -0.1) is 11.3 Å². The van der Waals surface area contributed by atoms with Gasteiger partial charge in [0.25, 0.3) is 5.56 Å². The summed E-state index contributed by atoms with van der Waals surface area (Å²) in [6.07, 6.45) is 8.70. The van der Waals surface area contributed by atoms with Crippen LogP contribution in [0.1, 0.15) is 49.5 Å². The number of carbonyl (C=O) groups is 1. The predicted molar refractivity (Wildman–Crippen MR) is 93.4 cm³/mol. The van der Waals surface area contributed by atoms with E-state index < -0.39 is 0 Å². The molecule has 2 aliphatic rings. The van der Waals surface area contributed by atoms with E-state index in [1.165, 1.54) is 15.8 Å². The second-order valence-electron chi connectivity index (χ2n) is 7.11. The van der Waals surface area contributed by atoms with Gasteiger partial charge >= 0.3 is 5.97 Å². The summed E-state index contributed by atoms with van der Waals surface area (Å²) in [5, 5.41) is 0.720. The van der Waals surface area contributed by atoms with E-state index in [1.807, 2.05) is 0 Å². The standard InChI is InChI=1S/C18H22N2O3S/c1-11-6-7-13-14(8-11)24-17-16(13)18(22)20(10-19-17)9-15(21)23-12-4-2-3-5-12/h10-12H,2-9H2,1H3/t11-/m0/s1. The lowest BCUT2D eigenvalue weighted by molar-refractivity contribution is -0.149. The molecule has 1 saturated carbocycles. The summed E-state index contributed by atoms with van der Waals surface area (Å²) in [6, 6.07) is 0. The summed E-state index contributed by atoms with van der Waals surface area (Å²) < 4.78 is 6.87. The fourth-order valence-corrected chi connectivity index (χ4v) is 5.19. The molecule has 1 atom stereocenters. The van der Waals surface area contributed by atoms with Gasteiger partial charge in [-0.2, -0.15) is 0 Å². The van der Waals surface area contributed by atoms with Crippen LogP contribution in [-0.4, -0.2) is 21.6 Å². The molecule has 2 aromatic heterocycles. The van der Waals surface area contributed by atoms with Gasteiger partial charge in [-0.05, 0) is 56.4 Å². The molecule has 0 spiro atoms. The maximum Gasteiger partial charge on any atom is 0.326 e. The molecular weight excluding hydrogens is 324 g/mol. The maximum atomic E-state index is 12.8. The van der Waals surface area contributed by atoms with Crippen LogP contribution < -0.4 is 5.56 Å². The summed E-state index contributed by atoms with van der Waals surface area (Å²) in [5.74, 6) is 0.331. The van der Waals surface area contributed by atoms with E-state index in [1.54, 1.807) is 11.3 Å². The van der Waals surface area contributed by atoms with Crippen LogP contribution in [0.25, 0.3) is 10.2 Å². The average molecular weight is 346 g/mol. The molecule has 0 unspecified atom stereocenters. The Kier molecular flexibility index (Phi) is 4.16. The lowest BCUT2D eigenvalue weighted by Crippen LogP contribution is -2.27. The lowest BCUT2D eigenvalue weighted by atomic mass is 9.89. The number of thiophene rings is 1. The largest absolute Gasteiger partial charge is 0.461 e. The average Bonchev–Trinajstić information content (AvgIpc) is 3.16. The van der Waals surface area contributed by atoms with Gasteiger partial charge in [0.2, 0.25) is 0 Å². The number of hydrogen-bond donors (Lipinski definition) is 0. The zero-order valence-electron chi connectivity index (χ0n) is 13.9. The monoisotopic (exact) mass is 346 g/mol. The smallest absolute Gasteiger partial charge is 0.326 e. The molecule has 4 rings (SSSR count). The number of carbonyl (C=O) groups excluding carboxylic acids is 1. The summed E-state index contributed by atoms with van der Waals surface area (Å²) in [7, 11) is 0. The van der Waals surface area contributed by atoms with Crippen molar-refractivity contribution in [2.45, 2.75) is 64.5 Å². The summed E-state index contributed by atoms with van der Waals surface area (Å²) >= 11 is 1.63. The van der Waals surface area contributed by atoms with E-state index in [-0.39, 0.29) is 24.2 Å². The van der Waals surface area contributed by atoms with Crippen molar-refractivity contribution >= 4 is 27.5 Å². The molecule has 0 radical (unpaired) electrons. The van der Waals surface area contributed by atoms with Crippen molar-refractivity contribution < 1.29 is 9.53 Å². The Morgan fingerprint density at radius 3 is 2.96 bits per heavy atom. The first-order chi connectivity index (χ1) is 11.6. The number of rotatable bonds is 3. The van der Waals surface area contributed by atoms with Gasteiger partial charge in [0.15, 0.2) is 0 Å². The van der Waals surface area contributed by atoms with Crippen molar-refractivity contribution in [1.29, 1.82) is 0 Å². The fourth-order valence-electron chi connectivity index (χ4n) is 3.85. The first-order valence-corrected chi connectivity index (χ1v) is 9.62. The fraction of sp³-hybridized carbons (Fsp3) is 0.611. The van der Waals surface area contributed by atoms with E-state index in [2.05, 4.69) is 11.9 Å². The van der Waals surface area contributed by atoms with Gasteiger partial charge in [0, 0.05) is 4.88 Å². The third-order valence-electron chi connectivity index (χ3n) is 5.18. The minimum atomic E-state index is -0.331. The summed E-state index contributed by atoms with van der Waals surface area (Å²) in [6.45, 7) is 2.21. The van der Waals surface area contributed by atoms with E-state index in [0.29, 0.717) is 5.92 Å². The first-order valence-electron chi connectivity index (χ1n) is 8.81. The van der Waals surface area contributed by atoms with E-state index in [4.69, 9.17) is 4.74 Å². The first kappa shape index (κ1) is 15.8. The van der Waals surface area contributed by atoms with Crippen molar-refractivity contribution in [3.63, 3.8) is 0 Å². The Bertz CT molecular complexity index is 833. The van der Waals surface area contributed by atoms with Crippen molar-refractivity contribution in [3.8, 4) is 0 Å². The van der Waals surface area contributed by atoms with Gasteiger partial charge in [-0.25, -0.2) is 4.98 Å². The minimum Gasteiger partial charge on any atom is -0.461 e. The van der Waals surface area contributed by atoms with Crippen LogP contribution in [0.15, 0.2) is 11.1 Å². The van der Waals surface area contributed by atoms with Crippen molar-refractivity contribution in [2.75, 3.05) is 0 Å². The number of hydrogen-bond acceptors (Lipinski definition) is 5. The molecule has 2 aromatic rings. The van der Waals surface area contributed by atoms with Crippen LogP contribution >= 0.6 is 11.3 Å². The highest BCUT2D eigenvalue weighted by molar-refractivity contribution is 7.18. The Morgan fingerprint density at radius 2 is 2.17 bits per heavy atom. The van der Waals surface area contributed by atoms with Crippen LogP contribution in [0.2, 0.25) is 0 Å². The third kappa shape index (κ3) is 2.88. The van der Waals surface area contributed by atoms with Crippen LogP contribution in [0, 0.1) is 5.92 Å². The van der Waals surface area contributed by atoms with Gasteiger partial charge in [0.05, 0.1) is 11.7 Å². The Labute approximate surface area is 144 Å². The predicted octanol–water partition coefficient (Wildman–Crippen LogP) is 3.07. The van der Waals surface area contributed by atoms with Crippen molar-refractivity contribution in [3.05, 3.63) is 27.1 Å². The van der Waals surface area contributed by atoms with Crippen molar-refractivity contribution in [2.24, 2.45) is 5.92 Å². The van der Waals surface area contributed by atoms with Gasteiger partial charge in [0.1, 0.15) is 17.5 Å². The molecule has 0 aromatic carbocycles.